The van der Waals surface area contributed by atoms with Gasteiger partial charge in [-0.25, -0.2) is 0 Å². The van der Waals surface area contributed by atoms with Crippen molar-refractivity contribution in [1.82, 2.24) is 5.32 Å². The van der Waals surface area contributed by atoms with Crippen LogP contribution in [-0.2, 0) is 11.2 Å². The Hall–Kier alpha value is -2.13. The number of carbonyl (C=O) groups excluding carboxylic acids is 1. The van der Waals surface area contributed by atoms with E-state index < -0.39 is 0 Å². The zero-order valence-corrected chi connectivity index (χ0v) is 13.9. The predicted molar refractivity (Wildman–Crippen MR) is 92.8 cm³/mol. The molecule has 2 N–H and O–H groups in total. The van der Waals surface area contributed by atoms with E-state index in [1.807, 2.05) is 19.2 Å². The van der Waals surface area contributed by atoms with Crippen LogP contribution in [0, 0.1) is 0 Å². The van der Waals surface area contributed by atoms with Crippen LogP contribution in [-0.4, -0.2) is 23.5 Å². The number of nitrogens with one attached hydrogen (secondary N) is 1. The second-order valence-electron chi connectivity index (χ2n) is 6.35. The molecule has 1 aliphatic carbocycles. The van der Waals surface area contributed by atoms with Crippen molar-refractivity contribution in [3.63, 3.8) is 0 Å². The highest BCUT2D eigenvalue weighted by atomic mass is 16.3. The molecule has 3 rings (SSSR count). The van der Waals surface area contributed by atoms with Crippen molar-refractivity contribution < 1.29 is 9.90 Å². The molecule has 3 nitrogen and oxygen atoms in total. The molecule has 0 spiro atoms. The van der Waals surface area contributed by atoms with Gasteiger partial charge in [0, 0.05) is 5.92 Å². The van der Waals surface area contributed by atoms with Crippen LogP contribution in [0.1, 0.15) is 37.3 Å². The average molecular weight is 309 g/mol. The molecule has 0 saturated heterocycles. The second kappa shape index (κ2) is 5.82. The molecular weight excluding hydrogens is 286 g/mol. The molecule has 0 aromatic heterocycles. The minimum atomic E-state index is -0.366. The van der Waals surface area contributed by atoms with Gasteiger partial charge in [0.25, 0.3) is 0 Å². The lowest BCUT2D eigenvalue weighted by molar-refractivity contribution is -0.119. The minimum Gasteiger partial charge on any atom is -0.508 e. The highest BCUT2D eigenvalue weighted by Crippen LogP contribution is 2.52. The number of aryl methyl sites for hydroxylation is 1. The Bertz CT molecular complexity index is 736. The van der Waals surface area contributed by atoms with Crippen LogP contribution in [0.5, 0.6) is 5.75 Å². The van der Waals surface area contributed by atoms with E-state index in [4.69, 9.17) is 0 Å². The largest absolute Gasteiger partial charge is 0.508 e. The molecule has 0 aliphatic heterocycles. The normalized spacial score (nSPS) is 22.8. The topological polar surface area (TPSA) is 49.3 Å². The smallest absolute Gasteiger partial charge is 0.150 e. The second-order valence-corrected chi connectivity index (χ2v) is 6.35. The Morgan fingerprint density at radius 2 is 1.96 bits per heavy atom. The van der Waals surface area contributed by atoms with Crippen LogP contribution < -0.4 is 5.32 Å². The molecule has 1 fully saturated rings. The van der Waals surface area contributed by atoms with Crippen molar-refractivity contribution in [2.24, 2.45) is 0 Å². The summed E-state index contributed by atoms with van der Waals surface area (Å²) in [6, 6.07) is 14.0. The molecule has 0 amide bonds. The summed E-state index contributed by atoms with van der Waals surface area (Å²) in [6.45, 7) is 3.75. The van der Waals surface area contributed by atoms with Crippen LogP contribution in [0.4, 0.5) is 0 Å². The van der Waals surface area contributed by atoms with E-state index in [1.165, 1.54) is 5.56 Å². The molecule has 2 aromatic rings. The van der Waals surface area contributed by atoms with Gasteiger partial charge in [-0.15, -0.1) is 0 Å². The maximum absolute atomic E-state index is 11.9. The number of ketones is 1. The third-order valence-electron chi connectivity index (χ3n) is 5.13. The van der Waals surface area contributed by atoms with E-state index in [9.17, 15) is 9.90 Å². The Morgan fingerprint density at radius 3 is 2.48 bits per heavy atom. The first-order valence-electron chi connectivity index (χ1n) is 8.14. The van der Waals surface area contributed by atoms with Crippen molar-refractivity contribution in [3.05, 3.63) is 53.6 Å². The van der Waals surface area contributed by atoms with Crippen LogP contribution in [0.3, 0.4) is 0 Å². The standard InChI is InChI=1S/C20H23NO2/c1-4-14-11-17(23)9-10-18(14)15-5-7-16(8-6-15)19-12-20(19,21-3)13(2)22/h5-11,19,21,23H,4,12H2,1-3H3. The van der Waals surface area contributed by atoms with E-state index >= 15 is 0 Å². The Labute approximate surface area is 137 Å². The van der Waals surface area contributed by atoms with Gasteiger partial charge in [0.05, 0.1) is 5.54 Å². The van der Waals surface area contributed by atoms with E-state index in [2.05, 4.69) is 36.5 Å². The first-order valence-corrected chi connectivity index (χ1v) is 8.14. The molecule has 0 radical (unpaired) electrons. The van der Waals surface area contributed by atoms with E-state index in [1.54, 1.807) is 13.0 Å². The monoisotopic (exact) mass is 309 g/mol. The summed E-state index contributed by atoms with van der Waals surface area (Å²) in [6.07, 6.45) is 1.75. The summed E-state index contributed by atoms with van der Waals surface area (Å²) in [7, 11) is 1.86. The van der Waals surface area contributed by atoms with Crippen LogP contribution in [0.2, 0.25) is 0 Å². The lowest BCUT2D eigenvalue weighted by Crippen LogP contribution is -2.36. The Balaban J connectivity index is 1.88. The number of hydrogen-bond acceptors (Lipinski definition) is 3. The van der Waals surface area contributed by atoms with Gasteiger partial charge in [0.1, 0.15) is 11.5 Å². The van der Waals surface area contributed by atoms with Crippen molar-refractivity contribution in [2.75, 3.05) is 7.05 Å². The SMILES string of the molecule is CCc1cc(O)ccc1-c1ccc(C2CC2(NC)C(C)=O)cc1. The molecule has 3 heteroatoms. The maximum Gasteiger partial charge on any atom is 0.150 e. The van der Waals surface area contributed by atoms with Crippen LogP contribution in [0.25, 0.3) is 11.1 Å². The minimum absolute atomic E-state index is 0.209. The Kier molecular flexibility index (Phi) is 3.99. The fraction of sp³-hybridized carbons (Fsp3) is 0.350. The fourth-order valence-corrected chi connectivity index (χ4v) is 3.56. The maximum atomic E-state index is 11.9. The summed E-state index contributed by atoms with van der Waals surface area (Å²) in [5.41, 5.74) is 4.27. The van der Waals surface area contributed by atoms with Gasteiger partial charge in [-0.3, -0.25) is 4.79 Å². The van der Waals surface area contributed by atoms with Crippen molar-refractivity contribution in [2.45, 2.75) is 38.1 Å². The Morgan fingerprint density at radius 1 is 1.26 bits per heavy atom. The van der Waals surface area contributed by atoms with Gasteiger partial charge < -0.3 is 10.4 Å². The van der Waals surface area contributed by atoms with E-state index in [-0.39, 0.29) is 17.2 Å². The van der Waals surface area contributed by atoms with Gasteiger partial charge in [0.15, 0.2) is 0 Å². The van der Waals surface area contributed by atoms with Gasteiger partial charge in [0.2, 0.25) is 0 Å². The molecule has 1 saturated carbocycles. The third kappa shape index (κ3) is 2.66. The zero-order chi connectivity index (χ0) is 16.6. The lowest BCUT2D eigenvalue weighted by atomic mass is 9.95. The molecule has 23 heavy (non-hydrogen) atoms. The number of phenols is 1. The molecular formula is C20H23NO2. The number of benzene rings is 2. The number of phenolic OH excluding ortho intramolecular Hbond substituents is 1. The number of carbonyl (C=O) groups is 1. The zero-order valence-electron chi connectivity index (χ0n) is 13.9. The van der Waals surface area contributed by atoms with Crippen LogP contribution >= 0.6 is 0 Å². The number of Topliss-reactive ketones (excluding diaryl/α,β-unsaturated/α-hetero) is 1. The first kappa shape index (κ1) is 15.8. The summed E-state index contributed by atoms with van der Waals surface area (Å²) in [4.78, 5) is 11.9. The van der Waals surface area contributed by atoms with Crippen molar-refractivity contribution in [1.29, 1.82) is 0 Å². The summed E-state index contributed by atoms with van der Waals surface area (Å²) in [5.74, 6) is 0.783. The molecule has 0 heterocycles. The summed E-state index contributed by atoms with van der Waals surface area (Å²) >= 11 is 0. The number of hydrogen-bond donors (Lipinski definition) is 2. The lowest BCUT2D eigenvalue weighted by Gasteiger charge is -2.13. The molecule has 120 valence electrons. The predicted octanol–water partition coefficient (Wildman–Crippen LogP) is 3.66. The molecule has 2 atom stereocenters. The van der Waals surface area contributed by atoms with Crippen molar-refractivity contribution >= 4 is 5.78 Å². The van der Waals surface area contributed by atoms with Crippen LogP contribution in [0.15, 0.2) is 42.5 Å². The number of aromatic hydroxyl groups is 1. The van der Waals surface area contributed by atoms with Gasteiger partial charge >= 0.3 is 0 Å². The van der Waals surface area contributed by atoms with Gasteiger partial charge in [-0.1, -0.05) is 37.3 Å². The number of likely N-dealkylation sites (N-methyl/N-ethyl adjacent to an activating group) is 1. The van der Waals surface area contributed by atoms with Gasteiger partial charge in [-0.05, 0) is 61.2 Å². The highest BCUT2D eigenvalue weighted by molar-refractivity contribution is 5.91. The fourth-order valence-electron chi connectivity index (χ4n) is 3.56. The molecule has 1 aliphatic rings. The summed E-state index contributed by atoms with van der Waals surface area (Å²) in [5, 5.41) is 12.8. The average Bonchev–Trinajstić information content (AvgIpc) is 3.31. The molecule has 2 unspecified atom stereocenters. The van der Waals surface area contributed by atoms with E-state index in [0.29, 0.717) is 5.75 Å². The first-order chi connectivity index (χ1) is 11.0. The third-order valence-corrected chi connectivity index (χ3v) is 5.13. The number of rotatable bonds is 5. The highest BCUT2D eigenvalue weighted by Gasteiger charge is 2.57. The van der Waals surface area contributed by atoms with Crippen molar-refractivity contribution in [3.8, 4) is 16.9 Å². The molecule has 2 aromatic carbocycles. The quantitative estimate of drug-likeness (QED) is 0.886. The van der Waals surface area contributed by atoms with E-state index in [0.717, 1.165) is 29.5 Å². The molecule has 0 bridgehead atoms. The van der Waals surface area contributed by atoms with Gasteiger partial charge in [-0.2, -0.15) is 0 Å². The summed E-state index contributed by atoms with van der Waals surface area (Å²) < 4.78 is 0.